The molecule has 1 atom stereocenters. The van der Waals surface area contributed by atoms with Gasteiger partial charge in [-0.2, -0.15) is 5.26 Å². The number of aliphatic hydroxyl groups is 1. The summed E-state index contributed by atoms with van der Waals surface area (Å²) in [5.41, 5.74) is 0. The molecule has 0 aromatic rings. The molecule has 0 amide bonds. The summed E-state index contributed by atoms with van der Waals surface area (Å²) in [7, 11) is 0. The summed E-state index contributed by atoms with van der Waals surface area (Å²) < 4.78 is 0. The van der Waals surface area contributed by atoms with Crippen molar-refractivity contribution in [2.24, 2.45) is 0 Å². The van der Waals surface area contributed by atoms with Gasteiger partial charge in [-0.15, -0.1) is 0 Å². The third-order valence-corrected chi connectivity index (χ3v) is 0.507. The van der Waals surface area contributed by atoms with E-state index in [4.69, 9.17) is 10.4 Å². The average Bonchev–Trinajstić information content (AvgIpc) is 1.68. The Morgan fingerprint density at radius 1 is 1.86 bits per heavy atom. The Bertz CT molecular complexity index is 101. The van der Waals surface area contributed by atoms with Crippen molar-refractivity contribution < 1.29 is 5.11 Å². The van der Waals surface area contributed by atoms with E-state index >= 15 is 0 Å². The van der Waals surface area contributed by atoms with Crippen LogP contribution in [-0.4, -0.2) is 11.2 Å². The van der Waals surface area contributed by atoms with Crippen LogP contribution in [0.25, 0.3) is 0 Å². The third-order valence-electron chi connectivity index (χ3n) is 0.507. The lowest BCUT2D eigenvalue weighted by Crippen LogP contribution is -1.94. The zero-order chi connectivity index (χ0) is 5.70. The molecule has 1 N–H and O–H groups in total. The fourth-order valence-electron chi connectivity index (χ4n) is 0.225. The number of rotatable bonds is 1. The van der Waals surface area contributed by atoms with Gasteiger partial charge in [0.15, 0.2) is 6.10 Å². The normalized spacial score (nSPS) is 13.9. The molecule has 2 heteroatoms. The van der Waals surface area contributed by atoms with Gasteiger partial charge in [0.2, 0.25) is 0 Å². The Hall–Kier alpha value is -0.810. The van der Waals surface area contributed by atoms with Gasteiger partial charge in [0.25, 0.3) is 0 Å². The lowest BCUT2D eigenvalue weighted by molar-refractivity contribution is 0.278. The van der Waals surface area contributed by atoms with Crippen molar-refractivity contribution in [1.29, 1.82) is 5.26 Å². The van der Waals surface area contributed by atoms with Crippen LogP contribution in [0.3, 0.4) is 0 Å². The highest BCUT2D eigenvalue weighted by Crippen LogP contribution is 1.79. The van der Waals surface area contributed by atoms with Crippen LogP contribution in [0.5, 0.6) is 0 Å². The maximum absolute atomic E-state index is 8.41. The van der Waals surface area contributed by atoms with Gasteiger partial charge in [-0.25, -0.2) is 0 Å². The molecule has 0 spiro atoms. The lowest BCUT2D eigenvalue weighted by atomic mass is 10.4. The number of nitrogens with zero attached hydrogens (tertiary/aromatic N) is 1. The molecule has 0 saturated carbocycles. The van der Waals surface area contributed by atoms with Crippen molar-refractivity contribution in [2.75, 3.05) is 0 Å². The van der Waals surface area contributed by atoms with Crippen LogP contribution >= 0.6 is 0 Å². The van der Waals surface area contributed by atoms with Crippen molar-refractivity contribution in [3.63, 3.8) is 0 Å². The SMILES string of the molecule is C/C=C/C(O)C#N. The van der Waals surface area contributed by atoms with E-state index in [1.54, 1.807) is 19.1 Å². The molecule has 0 fully saturated rings. The third kappa shape index (κ3) is 3.01. The van der Waals surface area contributed by atoms with Crippen molar-refractivity contribution in [3.8, 4) is 6.07 Å². The topological polar surface area (TPSA) is 44.0 Å². The van der Waals surface area contributed by atoms with E-state index in [1.807, 2.05) is 0 Å². The summed E-state index contributed by atoms with van der Waals surface area (Å²) in [4.78, 5) is 0. The summed E-state index contributed by atoms with van der Waals surface area (Å²) >= 11 is 0. The smallest absolute Gasteiger partial charge is 0.159 e. The fourth-order valence-corrected chi connectivity index (χ4v) is 0.225. The van der Waals surface area contributed by atoms with E-state index in [0.717, 1.165) is 0 Å². The molecule has 7 heavy (non-hydrogen) atoms. The molecular formula is C5H7NO. The number of allylic oxidation sites excluding steroid dienone is 1. The average molecular weight is 97.1 g/mol. The second kappa shape index (κ2) is 3.38. The maximum Gasteiger partial charge on any atom is 0.159 e. The quantitative estimate of drug-likeness (QED) is 0.381. The second-order valence-electron chi connectivity index (χ2n) is 1.10. The number of aliphatic hydroxyl groups excluding tert-OH is 1. The first-order chi connectivity index (χ1) is 3.31. The monoisotopic (exact) mass is 97.1 g/mol. The molecular weight excluding hydrogens is 90.1 g/mol. The Morgan fingerprint density at radius 3 is 2.57 bits per heavy atom. The summed E-state index contributed by atoms with van der Waals surface area (Å²) in [6.07, 6.45) is 2.12. The predicted molar refractivity (Wildman–Crippen MR) is 26.4 cm³/mol. The van der Waals surface area contributed by atoms with Gasteiger partial charge in [-0.05, 0) is 13.0 Å². The van der Waals surface area contributed by atoms with Crippen LogP contribution in [0.15, 0.2) is 12.2 Å². The van der Waals surface area contributed by atoms with Crippen LogP contribution in [0, 0.1) is 11.3 Å². The maximum atomic E-state index is 8.41. The van der Waals surface area contributed by atoms with Gasteiger partial charge >= 0.3 is 0 Å². The van der Waals surface area contributed by atoms with Gasteiger partial charge in [0, 0.05) is 0 Å². The highest BCUT2D eigenvalue weighted by Gasteiger charge is 1.87. The molecule has 0 aromatic carbocycles. The standard InChI is InChI=1S/C5H7NO/c1-2-3-5(7)4-6/h2-3,5,7H,1H3/b3-2+. The summed E-state index contributed by atoms with van der Waals surface area (Å²) in [6.45, 7) is 1.75. The Balaban J connectivity index is 3.42. The second-order valence-corrected chi connectivity index (χ2v) is 1.10. The van der Waals surface area contributed by atoms with Crippen LogP contribution in [0.1, 0.15) is 6.92 Å². The molecule has 0 rings (SSSR count). The van der Waals surface area contributed by atoms with Crippen LogP contribution in [0.2, 0.25) is 0 Å². The fraction of sp³-hybridized carbons (Fsp3) is 0.400. The number of hydrogen-bond donors (Lipinski definition) is 1. The van der Waals surface area contributed by atoms with E-state index in [9.17, 15) is 0 Å². The van der Waals surface area contributed by atoms with Gasteiger partial charge in [0.1, 0.15) is 0 Å². The predicted octanol–water partition coefficient (Wildman–Crippen LogP) is 0.447. The molecule has 2 nitrogen and oxygen atoms in total. The van der Waals surface area contributed by atoms with E-state index in [2.05, 4.69) is 0 Å². The van der Waals surface area contributed by atoms with Crippen molar-refractivity contribution >= 4 is 0 Å². The zero-order valence-corrected chi connectivity index (χ0v) is 4.13. The first-order valence-corrected chi connectivity index (χ1v) is 2.01. The van der Waals surface area contributed by atoms with Crippen molar-refractivity contribution in [1.82, 2.24) is 0 Å². The molecule has 0 saturated heterocycles. The summed E-state index contributed by atoms with van der Waals surface area (Å²) in [6, 6.07) is 1.63. The first-order valence-electron chi connectivity index (χ1n) is 2.01. The molecule has 1 unspecified atom stereocenters. The van der Waals surface area contributed by atoms with E-state index in [1.165, 1.54) is 6.08 Å². The van der Waals surface area contributed by atoms with Crippen LogP contribution < -0.4 is 0 Å². The highest BCUT2D eigenvalue weighted by atomic mass is 16.3. The minimum Gasteiger partial charge on any atom is -0.374 e. The molecule has 0 aliphatic heterocycles. The molecule has 0 aliphatic rings. The molecule has 0 heterocycles. The van der Waals surface area contributed by atoms with Gasteiger partial charge in [-0.1, -0.05) is 6.08 Å². The van der Waals surface area contributed by atoms with Crippen LogP contribution in [0.4, 0.5) is 0 Å². The Labute approximate surface area is 42.7 Å². The minimum atomic E-state index is -0.926. The lowest BCUT2D eigenvalue weighted by Gasteiger charge is -1.83. The van der Waals surface area contributed by atoms with Crippen molar-refractivity contribution in [2.45, 2.75) is 13.0 Å². The zero-order valence-electron chi connectivity index (χ0n) is 4.13. The highest BCUT2D eigenvalue weighted by molar-refractivity contribution is 4.98. The van der Waals surface area contributed by atoms with E-state index in [-0.39, 0.29) is 0 Å². The largest absolute Gasteiger partial charge is 0.374 e. The van der Waals surface area contributed by atoms with Gasteiger partial charge in [-0.3, -0.25) is 0 Å². The van der Waals surface area contributed by atoms with E-state index < -0.39 is 6.10 Å². The number of hydrogen-bond acceptors (Lipinski definition) is 2. The molecule has 0 aromatic heterocycles. The van der Waals surface area contributed by atoms with Crippen molar-refractivity contribution in [3.05, 3.63) is 12.2 Å². The molecule has 0 bridgehead atoms. The molecule has 0 radical (unpaired) electrons. The molecule has 0 aliphatic carbocycles. The van der Waals surface area contributed by atoms with Gasteiger partial charge in [0.05, 0.1) is 6.07 Å². The first kappa shape index (κ1) is 6.19. The number of nitriles is 1. The Kier molecular flexibility index (Phi) is 2.99. The van der Waals surface area contributed by atoms with Crippen LogP contribution in [-0.2, 0) is 0 Å². The summed E-state index contributed by atoms with van der Waals surface area (Å²) in [5, 5.41) is 16.3. The van der Waals surface area contributed by atoms with E-state index in [0.29, 0.717) is 0 Å². The minimum absolute atomic E-state index is 0.926. The van der Waals surface area contributed by atoms with Gasteiger partial charge < -0.3 is 5.11 Å². The Morgan fingerprint density at radius 2 is 2.43 bits per heavy atom. The molecule has 38 valence electrons. The summed E-state index contributed by atoms with van der Waals surface area (Å²) in [5.74, 6) is 0.